The number of aromatic nitrogens is 1. The Morgan fingerprint density at radius 1 is 1.35 bits per heavy atom. The second-order valence-corrected chi connectivity index (χ2v) is 6.00. The molecule has 0 aliphatic carbocycles. The van der Waals surface area contributed by atoms with Crippen molar-refractivity contribution < 1.29 is 9.90 Å². The molecule has 0 radical (unpaired) electrons. The molecule has 3 aromatic rings. The van der Waals surface area contributed by atoms with Crippen molar-refractivity contribution in [3.8, 4) is 0 Å². The average molecular weight is 305 g/mol. The molecule has 20 heavy (non-hydrogen) atoms. The lowest BCUT2D eigenvalue weighted by Gasteiger charge is -2.03. The molecule has 0 amide bonds. The molecule has 5 nitrogen and oxygen atoms in total. The van der Waals surface area contributed by atoms with Crippen LogP contribution in [0.5, 0.6) is 0 Å². The number of hydrogen-bond acceptors (Lipinski definition) is 6. The van der Waals surface area contributed by atoms with Gasteiger partial charge in [-0.3, -0.25) is 4.79 Å². The fraction of sp³-hybridized carbons (Fsp3) is 0.0769. The monoisotopic (exact) mass is 305 g/mol. The fourth-order valence-electron chi connectivity index (χ4n) is 1.78. The second-order valence-electron chi connectivity index (χ2n) is 4.19. The Morgan fingerprint density at radius 2 is 2.20 bits per heavy atom. The lowest BCUT2D eigenvalue weighted by molar-refractivity contribution is -0.138. The third kappa shape index (κ3) is 2.51. The van der Waals surface area contributed by atoms with Crippen molar-refractivity contribution in [3.05, 3.63) is 40.7 Å². The van der Waals surface area contributed by atoms with Crippen LogP contribution in [0.3, 0.4) is 0 Å². The maximum Gasteiger partial charge on any atom is 0.326 e. The van der Waals surface area contributed by atoms with Gasteiger partial charge in [0.05, 0.1) is 5.69 Å². The number of fused-ring (bicyclic) bond motifs is 1. The van der Waals surface area contributed by atoms with Gasteiger partial charge in [-0.25, -0.2) is 4.98 Å². The Morgan fingerprint density at radius 3 is 3.00 bits per heavy atom. The predicted molar refractivity (Wildman–Crippen MR) is 81.8 cm³/mol. The summed E-state index contributed by atoms with van der Waals surface area (Å²) in [6, 6.07) is 7.01. The number of aliphatic carboxylic acids is 1. The van der Waals surface area contributed by atoms with Gasteiger partial charge in [0.15, 0.2) is 5.13 Å². The summed E-state index contributed by atoms with van der Waals surface area (Å²) in [5.74, 6) is -1.08. The molecule has 1 aromatic carbocycles. The van der Waals surface area contributed by atoms with Gasteiger partial charge in [0.2, 0.25) is 0 Å². The van der Waals surface area contributed by atoms with Crippen molar-refractivity contribution in [1.82, 2.24) is 4.98 Å². The first-order valence-electron chi connectivity index (χ1n) is 5.81. The number of thiazole rings is 1. The summed E-state index contributed by atoms with van der Waals surface area (Å²) >= 11 is 3.03. The molecule has 3 rings (SSSR count). The number of anilines is 2. The summed E-state index contributed by atoms with van der Waals surface area (Å²) in [5, 5.41) is 17.5. The number of benzene rings is 1. The molecule has 0 aliphatic heterocycles. The van der Waals surface area contributed by atoms with Gasteiger partial charge in [-0.05, 0) is 35.0 Å². The van der Waals surface area contributed by atoms with E-state index in [1.54, 1.807) is 16.7 Å². The van der Waals surface area contributed by atoms with Gasteiger partial charge in [0.1, 0.15) is 6.04 Å². The number of thiophene rings is 1. The summed E-state index contributed by atoms with van der Waals surface area (Å²) in [6.07, 6.45) is 0. The average Bonchev–Trinajstić information content (AvgIpc) is 3.06. The molecular formula is C13H11N3O2S2. The maximum absolute atomic E-state index is 10.8. The number of carboxylic acids is 1. The van der Waals surface area contributed by atoms with Gasteiger partial charge < -0.3 is 16.2 Å². The van der Waals surface area contributed by atoms with Crippen molar-refractivity contribution in [1.29, 1.82) is 0 Å². The van der Waals surface area contributed by atoms with E-state index in [9.17, 15) is 4.79 Å². The van der Waals surface area contributed by atoms with Crippen LogP contribution in [0.4, 0.5) is 10.8 Å². The summed E-state index contributed by atoms with van der Waals surface area (Å²) < 4.78 is 1.23. The number of carbonyl (C=O) groups is 1. The Hall–Kier alpha value is -1.96. The third-order valence-corrected chi connectivity index (χ3v) is 4.48. The highest BCUT2D eigenvalue weighted by Crippen LogP contribution is 2.28. The first kappa shape index (κ1) is 13.0. The van der Waals surface area contributed by atoms with Gasteiger partial charge in [0, 0.05) is 15.8 Å². The van der Waals surface area contributed by atoms with Crippen molar-refractivity contribution in [2.24, 2.45) is 5.73 Å². The van der Waals surface area contributed by atoms with Crippen LogP contribution in [0.15, 0.2) is 35.0 Å². The minimum absolute atomic E-state index is 0.363. The second kappa shape index (κ2) is 5.20. The maximum atomic E-state index is 10.8. The molecular weight excluding hydrogens is 294 g/mol. The molecule has 1 atom stereocenters. The van der Waals surface area contributed by atoms with E-state index in [1.165, 1.54) is 21.4 Å². The SMILES string of the molecule is NC(C(=O)O)c1csc(Nc2ccc3sccc3c2)n1. The molecule has 0 spiro atoms. The molecule has 2 aromatic heterocycles. The van der Waals surface area contributed by atoms with Crippen LogP contribution in [0.25, 0.3) is 10.1 Å². The van der Waals surface area contributed by atoms with Crippen LogP contribution < -0.4 is 11.1 Å². The van der Waals surface area contributed by atoms with Gasteiger partial charge in [0.25, 0.3) is 0 Å². The molecule has 102 valence electrons. The van der Waals surface area contributed by atoms with Crippen LogP contribution in [-0.2, 0) is 4.79 Å². The normalized spacial score (nSPS) is 12.4. The minimum atomic E-state index is -1.08. The van der Waals surface area contributed by atoms with E-state index in [0.29, 0.717) is 10.8 Å². The zero-order valence-electron chi connectivity index (χ0n) is 10.2. The minimum Gasteiger partial charge on any atom is -0.480 e. The summed E-state index contributed by atoms with van der Waals surface area (Å²) in [4.78, 5) is 15.0. The van der Waals surface area contributed by atoms with Crippen LogP contribution in [0, 0.1) is 0 Å². The van der Waals surface area contributed by atoms with Crippen molar-refractivity contribution >= 4 is 49.5 Å². The standard InChI is InChI=1S/C13H11N3O2S2/c14-11(12(17)18)9-6-20-13(16-9)15-8-1-2-10-7(5-8)3-4-19-10/h1-6,11H,14H2,(H,15,16)(H,17,18). The molecule has 0 bridgehead atoms. The lowest BCUT2D eigenvalue weighted by atomic mass is 10.2. The fourth-order valence-corrected chi connectivity index (χ4v) is 3.32. The van der Waals surface area contributed by atoms with E-state index in [4.69, 9.17) is 10.8 Å². The molecule has 0 aliphatic rings. The third-order valence-electron chi connectivity index (χ3n) is 2.81. The van der Waals surface area contributed by atoms with Gasteiger partial charge in [-0.1, -0.05) is 0 Å². The van der Waals surface area contributed by atoms with Crippen molar-refractivity contribution in [2.75, 3.05) is 5.32 Å². The quantitative estimate of drug-likeness (QED) is 0.689. The van der Waals surface area contributed by atoms with Crippen LogP contribution in [0.1, 0.15) is 11.7 Å². The van der Waals surface area contributed by atoms with E-state index in [2.05, 4.69) is 16.4 Å². The molecule has 0 fully saturated rings. The van der Waals surface area contributed by atoms with Gasteiger partial charge in [-0.15, -0.1) is 22.7 Å². The Labute approximate surface area is 122 Å². The zero-order valence-corrected chi connectivity index (χ0v) is 11.9. The smallest absolute Gasteiger partial charge is 0.326 e. The first-order valence-corrected chi connectivity index (χ1v) is 7.57. The van der Waals surface area contributed by atoms with E-state index < -0.39 is 12.0 Å². The highest BCUT2D eigenvalue weighted by Gasteiger charge is 2.17. The molecule has 1 unspecified atom stereocenters. The molecule has 2 heterocycles. The lowest BCUT2D eigenvalue weighted by Crippen LogP contribution is -2.20. The summed E-state index contributed by atoms with van der Waals surface area (Å²) in [5.41, 5.74) is 6.80. The Balaban J connectivity index is 1.82. The molecule has 0 saturated carbocycles. The Bertz CT molecular complexity index is 766. The van der Waals surface area contributed by atoms with Gasteiger partial charge >= 0.3 is 5.97 Å². The molecule has 0 saturated heterocycles. The number of hydrogen-bond donors (Lipinski definition) is 3. The van der Waals surface area contributed by atoms with E-state index in [1.807, 2.05) is 23.6 Å². The van der Waals surface area contributed by atoms with Gasteiger partial charge in [-0.2, -0.15) is 0 Å². The van der Waals surface area contributed by atoms with Crippen molar-refractivity contribution in [3.63, 3.8) is 0 Å². The topological polar surface area (TPSA) is 88.2 Å². The van der Waals surface area contributed by atoms with E-state index in [-0.39, 0.29) is 0 Å². The van der Waals surface area contributed by atoms with Crippen LogP contribution in [0.2, 0.25) is 0 Å². The van der Waals surface area contributed by atoms with Crippen molar-refractivity contribution in [2.45, 2.75) is 6.04 Å². The predicted octanol–water partition coefficient (Wildman–Crippen LogP) is 3.19. The van der Waals surface area contributed by atoms with E-state index >= 15 is 0 Å². The zero-order chi connectivity index (χ0) is 14.1. The molecule has 7 heteroatoms. The van der Waals surface area contributed by atoms with E-state index in [0.717, 1.165) is 5.69 Å². The summed E-state index contributed by atoms with van der Waals surface area (Å²) in [6.45, 7) is 0. The number of nitrogens with two attached hydrogens (primary N) is 1. The highest BCUT2D eigenvalue weighted by molar-refractivity contribution is 7.17. The number of carboxylic acid groups (broad SMARTS) is 1. The number of rotatable bonds is 4. The Kier molecular flexibility index (Phi) is 3.39. The number of nitrogens with one attached hydrogen (secondary N) is 1. The largest absolute Gasteiger partial charge is 0.480 e. The van der Waals surface area contributed by atoms with Crippen LogP contribution >= 0.6 is 22.7 Å². The first-order chi connectivity index (χ1) is 9.63. The summed E-state index contributed by atoms with van der Waals surface area (Å²) in [7, 11) is 0. The van der Waals surface area contributed by atoms with Crippen LogP contribution in [-0.4, -0.2) is 16.1 Å². The number of nitrogens with zero attached hydrogens (tertiary/aromatic N) is 1. The highest BCUT2D eigenvalue weighted by atomic mass is 32.1. The molecule has 4 N–H and O–H groups in total.